The van der Waals surface area contributed by atoms with Gasteiger partial charge in [0.25, 0.3) is 0 Å². The lowest BCUT2D eigenvalue weighted by Gasteiger charge is -2.16. The van der Waals surface area contributed by atoms with E-state index in [9.17, 15) is 5.26 Å². The number of nitrogens with zero attached hydrogens (tertiary/aromatic N) is 4. The molecule has 0 N–H and O–H groups in total. The first-order chi connectivity index (χ1) is 11.7. The van der Waals surface area contributed by atoms with Gasteiger partial charge < -0.3 is 4.40 Å². The predicted molar refractivity (Wildman–Crippen MR) is 95.1 cm³/mol. The molecular formula is C19H18N4S. The lowest BCUT2D eigenvalue weighted by atomic mass is 9.95. The summed E-state index contributed by atoms with van der Waals surface area (Å²) in [5.41, 5.74) is 6.30. The summed E-state index contributed by atoms with van der Waals surface area (Å²) >= 11 is 1.61. The molecule has 0 radical (unpaired) electrons. The first kappa shape index (κ1) is 15.2. The highest BCUT2D eigenvalue weighted by Crippen LogP contribution is 2.29. The van der Waals surface area contributed by atoms with Crippen LogP contribution in [-0.2, 0) is 18.6 Å². The van der Waals surface area contributed by atoms with E-state index in [1.165, 1.54) is 29.7 Å². The Morgan fingerprint density at radius 3 is 2.96 bits per heavy atom. The highest BCUT2D eigenvalue weighted by atomic mass is 32.2. The summed E-state index contributed by atoms with van der Waals surface area (Å²) in [6, 6.07) is 8.44. The van der Waals surface area contributed by atoms with Crippen molar-refractivity contribution in [3.05, 3.63) is 58.7 Å². The van der Waals surface area contributed by atoms with Gasteiger partial charge in [-0.1, -0.05) is 17.8 Å². The lowest BCUT2D eigenvalue weighted by Crippen LogP contribution is -2.07. The number of imidazole rings is 1. The molecule has 0 saturated carbocycles. The zero-order valence-corrected chi connectivity index (χ0v) is 14.4. The van der Waals surface area contributed by atoms with Gasteiger partial charge in [-0.05, 0) is 55.9 Å². The number of hydrogen-bond donors (Lipinski definition) is 0. The van der Waals surface area contributed by atoms with Crippen molar-refractivity contribution in [2.24, 2.45) is 0 Å². The highest BCUT2D eigenvalue weighted by Gasteiger charge is 2.16. The lowest BCUT2D eigenvalue weighted by molar-refractivity contribution is 0.660. The van der Waals surface area contributed by atoms with E-state index in [2.05, 4.69) is 40.8 Å². The minimum absolute atomic E-state index is 0.695. The monoisotopic (exact) mass is 334 g/mol. The molecule has 0 atom stereocenters. The number of aryl methyl sites for hydroxylation is 3. The summed E-state index contributed by atoms with van der Waals surface area (Å²) in [5.74, 6) is 0.723. The van der Waals surface area contributed by atoms with Gasteiger partial charge in [-0.3, -0.25) is 0 Å². The van der Waals surface area contributed by atoms with Crippen molar-refractivity contribution in [3.63, 3.8) is 0 Å². The summed E-state index contributed by atoms with van der Waals surface area (Å²) in [6.07, 6.45) is 8.61. The molecule has 3 heterocycles. The van der Waals surface area contributed by atoms with Crippen molar-refractivity contribution in [3.8, 4) is 6.07 Å². The highest BCUT2D eigenvalue weighted by molar-refractivity contribution is 7.98. The zero-order chi connectivity index (χ0) is 16.5. The predicted octanol–water partition coefficient (Wildman–Crippen LogP) is 4.08. The van der Waals surface area contributed by atoms with Gasteiger partial charge in [0, 0.05) is 23.8 Å². The molecule has 4 rings (SSSR count). The number of thioether (sulfide) groups is 1. The molecule has 0 aromatic carbocycles. The molecule has 0 saturated heterocycles. The van der Waals surface area contributed by atoms with Gasteiger partial charge in [-0.25, -0.2) is 9.97 Å². The fourth-order valence-corrected chi connectivity index (χ4v) is 4.03. The Labute approximate surface area is 145 Å². The number of pyridine rings is 2. The molecule has 0 unspecified atom stereocenters. The number of rotatable bonds is 3. The van der Waals surface area contributed by atoms with Gasteiger partial charge in [0.2, 0.25) is 0 Å². The molecule has 0 spiro atoms. The van der Waals surface area contributed by atoms with Crippen molar-refractivity contribution < 1.29 is 0 Å². The maximum Gasteiger partial charge on any atom is 0.137 e. The Morgan fingerprint density at radius 2 is 2.08 bits per heavy atom. The molecule has 0 amide bonds. The minimum Gasteiger partial charge on any atom is -0.307 e. The Bertz CT molecular complexity index is 952. The van der Waals surface area contributed by atoms with E-state index in [0.29, 0.717) is 5.56 Å². The first-order valence-corrected chi connectivity index (χ1v) is 9.21. The van der Waals surface area contributed by atoms with Crippen LogP contribution < -0.4 is 0 Å². The second-order valence-corrected chi connectivity index (χ2v) is 7.22. The van der Waals surface area contributed by atoms with Crippen molar-refractivity contribution in [1.29, 1.82) is 5.26 Å². The van der Waals surface area contributed by atoms with Crippen LogP contribution in [0.4, 0.5) is 0 Å². The average Bonchev–Trinajstić information content (AvgIpc) is 3.01. The molecule has 0 bridgehead atoms. The van der Waals surface area contributed by atoms with E-state index in [1.807, 2.05) is 12.1 Å². The Kier molecular flexibility index (Phi) is 3.99. The van der Waals surface area contributed by atoms with Crippen LogP contribution in [0, 0.1) is 18.3 Å². The molecule has 4 nitrogen and oxygen atoms in total. The van der Waals surface area contributed by atoms with Crippen LogP contribution in [0.5, 0.6) is 0 Å². The summed E-state index contributed by atoms with van der Waals surface area (Å²) < 4.78 is 2.05. The molecule has 3 aromatic heterocycles. The molecule has 1 aliphatic rings. The number of nitriles is 1. The van der Waals surface area contributed by atoms with E-state index in [4.69, 9.17) is 4.98 Å². The van der Waals surface area contributed by atoms with Crippen molar-refractivity contribution in [2.45, 2.75) is 43.4 Å². The van der Waals surface area contributed by atoms with Gasteiger partial charge in [0.1, 0.15) is 16.7 Å². The van der Waals surface area contributed by atoms with Crippen LogP contribution in [-0.4, -0.2) is 14.4 Å². The van der Waals surface area contributed by atoms with Gasteiger partial charge in [-0.15, -0.1) is 0 Å². The topological polar surface area (TPSA) is 54.0 Å². The third-order valence-electron chi connectivity index (χ3n) is 4.39. The summed E-state index contributed by atoms with van der Waals surface area (Å²) in [5, 5.41) is 10.3. The standard InChI is InChI=1S/C19H18N4S/c1-13-6-7-18-21-16(11-23(18)10-13)12-24-19-15(9-20)8-14-4-2-3-5-17(14)22-19/h6-8,10-11H,2-5,12H2,1H3. The van der Waals surface area contributed by atoms with Crippen LogP contribution >= 0.6 is 11.8 Å². The smallest absolute Gasteiger partial charge is 0.137 e. The third-order valence-corrected chi connectivity index (χ3v) is 5.42. The maximum absolute atomic E-state index is 9.44. The van der Waals surface area contributed by atoms with Crippen molar-refractivity contribution in [2.75, 3.05) is 0 Å². The summed E-state index contributed by atoms with van der Waals surface area (Å²) in [7, 11) is 0. The zero-order valence-electron chi connectivity index (χ0n) is 13.6. The molecule has 1 aliphatic carbocycles. The largest absolute Gasteiger partial charge is 0.307 e. The van der Waals surface area contributed by atoms with Gasteiger partial charge >= 0.3 is 0 Å². The van der Waals surface area contributed by atoms with E-state index < -0.39 is 0 Å². The number of hydrogen-bond acceptors (Lipinski definition) is 4. The van der Waals surface area contributed by atoms with Crippen molar-refractivity contribution in [1.82, 2.24) is 14.4 Å². The van der Waals surface area contributed by atoms with Crippen LogP contribution in [0.25, 0.3) is 5.65 Å². The SMILES string of the molecule is Cc1ccc2nc(CSc3nc4c(cc3C#N)CCCC4)cn2c1. The van der Waals surface area contributed by atoms with Gasteiger partial charge in [0.05, 0.1) is 11.3 Å². The molecule has 3 aromatic rings. The molecule has 24 heavy (non-hydrogen) atoms. The normalized spacial score (nSPS) is 13.7. The molecule has 0 aliphatic heterocycles. The Balaban J connectivity index is 1.59. The summed E-state index contributed by atoms with van der Waals surface area (Å²) in [4.78, 5) is 9.42. The second kappa shape index (κ2) is 6.29. The molecule has 0 fully saturated rings. The quantitative estimate of drug-likeness (QED) is 0.677. The first-order valence-electron chi connectivity index (χ1n) is 8.23. The van der Waals surface area contributed by atoms with Crippen molar-refractivity contribution >= 4 is 17.4 Å². The van der Waals surface area contributed by atoms with Crippen LogP contribution in [0.2, 0.25) is 0 Å². The number of aromatic nitrogens is 3. The fourth-order valence-electron chi connectivity index (χ4n) is 3.17. The number of fused-ring (bicyclic) bond motifs is 2. The second-order valence-electron chi connectivity index (χ2n) is 6.26. The Morgan fingerprint density at radius 1 is 1.21 bits per heavy atom. The van der Waals surface area contributed by atoms with Crippen LogP contribution in [0.1, 0.15) is 40.9 Å². The van der Waals surface area contributed by atoms with E-state index in [-0.39, 0.29) is 0 Å². The molecule has 5 heteroatoms. The van der Waals surface area contributed by atoms with E-state index >= 15 is 0 Å². The fraction of sp³-hybridized carbons (Fsp3) is 0.316. The van der Waals surface area contributed by atoms with Crippen LogP contribution in [0.3, 0.4) is 0 Å². The van der Waals surface area contributed by atoms with Crippen LogP contribution in [0.15, 0.2) is 35.6 Å². The van der Waals surface area contributed by atoms with E-state index in [0.717, 1.165) is 35.0 Å². The third kappa shape index (κ3) is 2.90. The average molecular weight is 334 g/mol. The Hall–Kier alpha value is -2.32. The van der Waals surface area contributed by atoms with Gasteiger partial charge in [-0.2, -0.15) is 5.26 Å². The molecule has 120 valence electrons. The van der Waals surface area contributed by atoms with E-state index in [1.54, 1.807) is 11.8 Å². The molecular weight excluding hydrogens is 316 g/mol. The van der Waals surface area contributed by atoms with Gasteiger partial charge in [0.15, 0.2) is 0 Å². The minimum atomic E-state index is 0.695. The maximum atomic E-state index is 9.44. The summed E-state index contributed by atoms with van der Waals surface area (Å²) in [6.45, 7) is 2.07.